The number of aryl methyl sites for hydroxylation is 2. The van der Waals surface area contributed by atoms with Crippen LogP contribution in [0.25, 0.3) is 6.08 Å². The average Bonchev–Trinajstić information content (AvgIpc) is 3.05. The number of amides is 1. The van der Waals surface area contributed by atoms with Crippen LogP contribution in [0.15, 0.2) is 35.0 Å². The third kappa shape index (κ3) is 4.22. The minimum atomic E-state index is -0.0478. The maximum absolute atomic E-state index is 12.3. The molecule has 0 aliphatic carbocycles. The third-order valence-electron chi connectivity index (χ3n) is 3.85. The molecule has 1 atom stereocenters. The largest absolute Gasteiger partial charge is 0.472 e. The molecule has 1 aliphatic rings. The van der Waals surface area contributed by atoms with E-state index < -0.39 is 0 Å². The molecule has 1 unspecified atom stereocenters. The molecule has 6 heteroatoms. The zero-order valence-corrected chi connectivity index (χ0v) is 13.9. The summed E-state index contributed by atoms with van der Waals surface area (Å²) in [7, 11) is 0. The van der Waals surface area contributed by atoms with Gasteiger partial charge in [0.15, 0.2) is 0 Å². The summed E-state index contributed by atoms with van der Waals surface area (Å²) in [5, 5.41) is 0. The van der Waals surface area contributed by atoms with Crippen LogP contribution >= 0.6 is 0 Å². The summed E-state index contributed by atoms with van der Waals surface area (Å²) >= 11 is 0. The minimum absolute atomic E-state index is 0.0326. The second-order valence-corrected chi connectivity index (χ2v) is 5.91. The van der Waals surface area contributed by atoms with Crippen LogP contribution < -0.4 is 4.74 Å². The van der Waals surface area contributed by atoms with Gasteiger partial charge in [0.05, 0.1) is 12.8 Å². The summed E-state index contributed by atoms with van der Waals surface area (Å²) in [4.78, 5) is 22.7. The lowest BCUT2D eigenvalue weighted by Crippen LogP contribution is -2.43. The molecular weight excluding hydrogens is 306 g/mol. The second kappa shape index (κ2) is 7.29. The highest BCUT2D eigenvalue weighted by Gasteiger charge is 2.24. The van der Waals surface area contributed by atoms with Crippen LogP contribution in [0.4, 0.5) is 0 Å². The molecule has 6 nitrogen and oxygen atoms in total. The van der Waals surface area contributed by atoms with Crippen molar-refractivity contribution in [2.45, 2.75) is 32.8 Å². The molecule has 0 radical (unpaired) electrons. The molecule has 24 heavy (non-hydrogen) atoms. The smallest absolute Gasteiger partial charge is 0.246 e. The van der Waals surface area contributed by atoms with Crippen molar-refractivity contribution in [2.75, 3.05) is 13.1 Å². The van der Waals surface area contributed by atoms with E-state index in [2.05, 4.69) is 9.97 Å². The third-order valence-corrected chi connectivity index (χ3v) is 3.85. The van der Waals surface area contributed by atoms with Crippen LogP contribution in [0.2, 0.25) is 0 Å². The number of ether oxygens (including phenoxy) is 1. The Balaban J connectivity index is 1.60. The van der Waals surface area contributed by atoms with Gasteiger partial charge in [-0.1, -0.05) is 0 Å². The van der Waals surface area contributed by atoms with Crippen LogP contribution in [-0.4, -0.2) is 40.0 Å². The number of furan rings is 1. The summed E-state index contributed by atoms with van der Waals surface area (Å²) in [6, 6.07) is 5.43. The van der Waals surface area contributed by atoms with Gasteiger partial charge in [-0.3, -0.25) is 4.79 Å². The summed E-state index contributed by atoms with van der Waals surface area (Å²) < 4.78 is 11.2. The van der Waals surface area contributed by atoms with Crippen LogP contribution in [-0.2, 0) is 4.79 Å². The summed E-state index contributed by atoms with van der Waals surface area (Å²) in [5.74, 6) is 1.90. The standard InChI is InChI=1S/C18H21N3O3/c1-13-11-17(20-14(2)19-13)24-16-5-3-9-21(12-16)18(22)8-7-15-6-4-10-23-15/h4,6-8,10-11,16H,3,5,9,12H2,1-2H3/b8-7+. The molecule has 126 valence electrons. The molecule has 0 saturated carbocycles. The van der Waals surface area contributed by atoms with Gasteiger partial charge in [-0.25, -0.2) is 4.98 Å². The van der Waals surface area contributed by atoms with Gasteiger partial charge in [-0.05, 0) is 44.9 Å². The van der Waals surface area contributed by atoms with Crippen LogP contribution in [0.5, 0.6) is 5.88 Å². The number of aromatic nitrogens is 2. The molecule has 3 heterocycles. The van der Waals surface area contributed by atoms with Gasteiger partial charge >= 0.3 is 0 Å². The first-order chi connectivity index (χ1) is 11.6. The van der Waals surface area contributed by atoms with Crippen molar-refractivity contribution in [3.8, 4) is 5.88 Å². The molecule has 1 saturated heterocycles. The first-order valence-corrected chi connectivity index (χ1v) is 8.09. The van der Waals surface area contributed by atoms with Crippen molar-refractivity contribution >= 4 is 12.0 Å². The fourth-order valence-corrected chi connectivity index (χ4v) is 2.79. The Hall–Kier alpha value is -2.63. The molecule has 3 rings (SSSR count). The van der Waals surface area contributed by atoms with Crippen molar-refractivity contribution < 1.29 is 13.9 Å². The van der Waals surface area contributed by atoms with Gasteiger partial charge in [-0.2, -0.15) is 4.98 Å². The van der Waals surface area contributed by atoms with E-state index in [0.717, 1.165) is 25.1 Å². The molecule has 1 fully saturated rings. The molecule has 0 aromatic carbocycles. The summed E-state index contributed by atoms with van der Waals surface area (Å²) in [5.41, 5.74) is 0.877. The Kier molecular flexibility index (Phi) is 4.93. The van der Waals surface area contributed by atoms with Gasteiger partial charge in [0.2, 0.25) is 11.8 Å². The highest BCUT2D eigenvalue weighted by atomic mass is 16.5. The first-order valence-electron chi connectivity index (χ1n) is 8.09. The van der Waals surface area contributed by atoms with Gasteiger partial charge in [0.1, 0.15) is 17.7 Å². The fourth-order valence-electron chi connectivity index (χ4n) is 2.79. The predicted octanol–water partition coefficient (Wildman–Crippen LogP) is 2.77. The molecule has 1 amide bonds. The van der Waals surface area contributed by atoms with Gasteiger partial charge in [0.25, 0.3) is 0 Å². The van der Waals surface area contributed by atoms with Crippen molar-refractivity contribution in [1.29, 1.82) is 0 Å². The number of rotatable bonds is 4. The van der Waals surface area contributed by atoms with Crippen LogP contribution in [0.3, 0.4) is 0 Å². The van der Waals surface area contributed by atoms with Crippen molar-refractivity contribution in [2.24, 2.45) is 0 Å². The molecule has 0 N–H and O–H groups in total. The minimum Gasteiger partial charge on any atom is -0.472 e. The Labute approximate surface area is 141 Å². The maximum atomic E-state index is 12.3. The number of carbonyl (C=O) groups excluding carboxylic acids is 1. The molecule has 1 aliphatic heterocycles. The lowest BCUT2D eigenvalue weighted by Gasteiger charge is -2.32. The van der Waals surface area contributed by atoms with Gasteiger partial charge in [-0.15, -0.1) is 0 Å². The monoisotopic (exact) mass is 327 g/mol. The van der Waals surface area contributed by atoms with E-state index in [1.54, 1.807) is 29.4 Å². The summed E-state index contributed by atoms with van der Waals surface area (Å²) in [6.07, 6.45) is 6.58. The van der Waals surface area contributed by atoms with Crippen molar-refractivity contribution in [1.82, 2.24) is 14.9 Å². The molecule has 2 aromatic heterocycles. The van der Waals surface area contributed by atoms with E-state index in [1.165, 1.54) is 0 Å². The number of piperidine rings is 1. The highest BCUT2D eigenvalue weighted by molar-refractivity contribution is 5.91. The van der Waals surface area contributed by atoms with E-state index in [-0.39, 0.29) is 12.0 Å². The quantitative estimate of drug-likeness (QED) is 0.808. The fraction of sp³-hybridized carbons (Fsp3) is 0.389. The SMILES string of the molecule is Cc1cc(OC2CCCN(C(=O)/C=C/c3ccco3)C2)nc(C)n1. The van der Waals surface area contributed by atoms with Crippen LogP contribution in [0, 0.1) is 13.8 Å². The number of nitrogens with zero attached hydrogens (tertiary/aromatic N) is 3. The number of hydrogen-bond donors (Lipinski definition) is 0. The van der Waals surface area contributed by atoms with Crippen LogP contribution in [0.1, 0.15) is 30.1 Å². The Morgan fingerprint density at radius 2 is 2.29 bits per heavy atom. The molecule has 0 spiro atoms. The average molecular weight is 327 g/mol. The van der Waals surface area contributed by atoms with E-state index in [9.17, 15) is 4.79 Å². The van der Waals surface area contributed by atoms with Gasteiger partial charge < -0.3 is 14.1 Å². The Morgan fingerprint density at radius 3 is 3.04 bits per heavy atom. The zero-order chi connectivity index (χ0) is 16.9. The number of hydrogen-bond acceptors (Lipinski definition) is 5. The zero-order valence-electron chi connectivity index (χ0n) is 13.9. The van der Waals surface area contributed by atoms with Gasteiger partial charge in [0, 0.05) is 24.4 Å². The molecular formula is C18H21N3O3. The maximum Gasteiger partial charge on any atom is 0.246 e. The topological polar surface area (TPSA) is 68.5 Å². The molecule has 0 bridgehead atoms. The highest BCUT2D eigenvalue weighted by Crippen LogP contribution is 2.18. The Morgan fingerprint density at radius 1 is 1.42 bits per heavy atom. The number of carbonyl (C=O) groups is 1. The molecule has 2 aromatic rings. The number of likely N-dealkylation sites (tertiary alicyclic amines) is 1. The van der Waals surface area contributed by atoms with Crippen molar-refractivity contribution in [3.05, 3.63) is 47.8 Å². The lowest BCUT2D eigenvalue weighted by atomic mass is 10.1. The van der Waals surface area contributed by atoms with E-state index in [1.807, 2.05) is 26.0 Å². The van der Waals surface area contributed by atoms with E-state index >= 15 is 0 Å². The van der Waals surface area contributed by atoms with Crippen molar-refractivity contribution in [3.63, 3.8) is 0 Å². The second-order valence-electron chi connectivity index (χ2n) is 5.91. The first kappa shape index (κ1) is 16.2. The lowest BCUT2D eigenvalue weighted by molar-refractivity contribution is -0.128. The predicted molar refractivity (Wildman–Crippen MR) is 89.5 cm³/mol. The Bertz CT molecular complexity index is 705. The van der Waals surface area contributed by atoms with E-state index in [4.69, 9.17) is 9.15 Å². The summed E-state index contributed by atoms with van der Waals surface area (Å²) in [6.45, 7) is 5.06. The van der Waals surface area contributed by atoms with E-state index in [0.29, 0.717) is 24.0 Å². The normalized spacial score (nSPS) is 18.1.